The van der Waals surface area contributed by atoms with Crippen LogP contribution < -0.4 is 0 Å². The molecule has 1 aromatic carbocycles. The highest BCUT2D eigenvalue weighted by atomic mass is 16.3. The molecule has 0 atom stereocenters. The second kappa shape index (κ2) is 4.30. The van der Waals surface area contributed by atoms with Crippen molar-refractivity contribution in [2.45, 2.75) is 26.7 Å². The largest absolute Gasteiger partial charge is 0.449 e. The molecule has 0 saturated heterocycles. The van der Waals surface area contributed by atoms with E-state index in [0.29, 0.717) is 5.89 Å². The van der Waals surface area contributed by atoms with Crippen LogP contribution in [0.3, 0.4) is 0 Å². The molecule has 0 spiro atoms. The Morgan fingerprint density at radius 3 is 2.47 bits per heavy atom. The zero-order chi connectivity index (χ0) is 10.7. The zero-order valence-electron chi connectivity index (χ0n) is 9.16. The number of hydrogen-bond donors (Lipinski definition) is 0. The third-order valence-corrected chi connectivity index (χ3v) is 2.41. The van der Waals surface area contributed by atoms with E-state index in [-0.39, 0.29) is 0 Å². The lowest BCUT2D eigenvalue weighted by Gasteiger charge is -1.99. The summed E-state index contributed by atoms with van der Waals surface area (Å²) in [6.07, 6.45) is 4.02. The molecule has 0 aliphatic carbocycles. The summed E-state index contributed by atoms with van der Waals surface area (Å²) in [7, 11) is 0. The molecule has 2 aromatic rings. The van der Waals surface area contributed by atoms with Crippen LogP contribution in [0.15, 0.2) is 34.9 Å². The predicted molar refractivity (Wildman–Crippen MR) is 60.7 cm³/mol. The molecule has 0 radical (unpaired) electrons. The smallest absolute Gasteiger partial charge is 0.191 e. The van der Waals surface area contributed by atoms with Gasteiger partial charge in [0.2, 0.25) is 0 Å². The fourth-order valence-electron chi connectivity index (χ4n) is 1.63. The monoisotopic (exact) mass is 201 g/mol. The third kappa shape index (κ3) is 2.27. The van der Waals surface area contributed by atoms with Gasteiger partial charge in [0.15, 0.2) is 5.89 Å². The maximum Gasteiger partial charge on any atom is 0.191 e. The highest BCUT2D eigenvalue weighted by Gasteiger charge is 2.02. The average molecular weight is 201 g/mol. The maximum atomic E-state index is 5.19. The molecule has 0 bridgehead atoms. The zero-order valence-corrected chi connectivity index (χ0v) is 9.16. The second-order valence-electron chi connectivity index (χ2n) is 3.70. The van der Waals surface area contributed by atoms with Gasteiger partial charge in [-0.1, -0.05) is 37.6 Å². The van der Waals surface area contributed by atoms with E-state index in [1.165, 1.54) is 12.0 Å². The van der Waals surface area contributed by atoms with Crippen LogP contribution in [0.2, 0.25) is 0 Å². The van der Waals surface area contributed by atoms with E-state index in [2.05, 4.69) is 36.2 Å². The number of nitrogens with zero attached hydrogens (tertiary/aromatic N) is 1. The van der Waals surface area contributed by atoms with E-state index in [0.717, 1.165) is 17.7 Å². The summed E-state index contributed by atoms with van der Waals surface area (Å²) in [5, 5.41) is 0. The Bertz CT molecular complexity index is 428. The van der Waals surface area contributed by atoms with Gasteiger partial charge in [-0.3, -0.25) is 0 Å². The number of hydrogen-bond acceptors (Lipinski definition) is 2. The third-order valence-electron chi connectivity index (χ3n) is 2.41. The number of benzene rings is 1. The molecule has 0 aliphatic rings. The first-order valence-corrected chi connectivity index (χ1v) is 5.31. The number of oxazole rings is 1. The fraction of sp³-hybridized carbons (Fsp3) is 0.308. The molecule has 1 heterocycles. The lowest BCUT2D eigenvalue weighted by molar-refractivity contribution is 0.521. The molecule has 2 nitrogen and oxygen atoms in total. The van der Waals surface area contributed by atoms with Crippen molar-refractivity contribution in [2.24, 2.45) is 0 Å². The Balaban J connectivity index is 2.23. The molecule has 0 aliphatic heterocycles. The van der Waals surface area contributed by atoms with Gasteiger partial charge in [0, 0.05) is 12.5 Å². The first-order chi connectivity index (χ1) is 7.29. The van der Waals surface area contributed by atoms with E-state index in [4.69, 9.17) is 4.42 Å². The molecule has 0 saturated carbocycles. The van der Waals surface area contributed by atoms with E-state index < -0.39 is 0 Å². The van der Waals surface area contributed by atoms with Crippen molar-refractivity contribution in [3.63, 3.8) is 0 Å². The SMILES string of the molecule is CCCc1ccc(-c2coc(C)n2)cc1. The number of aromatic nitrogens is 1. The maximum absolute atomic E-state index is 5.19. The van der Waals surface area contributed by atoms with Gasteiger partial charge < -0.3 is 4.42 Å². The first-order valence-electron chi connectivity index (χ1n) is 5.31. The molecule has 0 N–H and O–H groups in total. The molecule has 0 unspecified atom stereocenters. The molecule has 78 valence electrons. The average Bonchev–Trinajstić information content (AvgIpc) is 2.67. The van der Waals surface area contributed by atoms with Crippen LogP contribution in [-0.2, 0) is 6.42 Å². The molecular weight excluding hydrogens is 186 g/mol. The van der Waals surface area contributed by atoms with E-state index in [9.17, 15) is 0 Å². The summed E-state index contributed by atoms with van der Waals surface area (Å²) >= 11 is 0. The van der Waals surface area contributed by atoms with Crippen LogP contribution in [0, 0.1) is 6.92 Å². The summed E-state index contributed by atoms with van der Waals surface area (Å²) < 4.78 is 5.19. The Morgan fingerprint density at radius 2 is 1.93 bits per heavy atom. The van der Waals surface area contributed by atoms with Gasteiger partial charge in [-0.15, -0.1) is 0 Å². The van der Waals surface area contributed by atoms with Crippen molar-refractivity contribution < 1.29 is 4.42 Å². The van der Waals surface area contributed by atoms with E-state index >= 15 is 0 Å². The van der Waals surface area contributed by atoms with Crippen LogP contribution in [0.4, 0.5) is 0 Å². The van der Waals surface area contributed by atoms with E-state index in [1.807, 2.05) is 6.92 Å². The summed E-state index contributed by atoms with van der Waals surface area (Å²) in [4.78, 5) is 4.29. The fourth-order valence-corrected chi connectivity index (χ4v) is 1.63. The second-order valence-corrected chi connectivity index (χ2v) is 3.70. The van der Waals surface area contributed by atoms with Gasteiger partial charge in [0.1, 0.15) is 12.0 Å². The van der Waals surface area contributed by atoms with Gasteiger partial charge in [0.05, 0.1) is 0 Å². The minimum Gasteiger partial charge on any atom is -0.449 e. The summed E-state index contributed by atoms with van der Waals surface area (Å²) in [5.74, 6) is 0.711. The van der Waals surface area contributed by atoms with Crippen molar-refractivity contribution in [2.75, 3.05) is 0 Å². The van der Waals surface area contributed by atoms with Gasteiger partial charge in [-0.05, 0) is 12.0 Å². The van der Waals surface area contributed by atoms with E-state index in [1.54, 1.807) is 6.26 Å². The first kappa shape index (κ1) is 9.97. The Hall–Kier alpha value is -1.57. The molecule has 2 rings (SSSR count). The normalized spacial score (nSPS) is 10.5. The van der Waals surface area contributed by atoms with Gasteiger partial charge in [-0.2, -0.15) is 0 Å². The van der Waals surface area contributed by atoms with Gasteiger partial charge in [0.25, 0.3) is 0 Å². The quantitative estimate of drug-likeness (QED) is 0.758. The van der Waals surface area contributed by atoms with Gasteiger partial charge in [-0.25, -0.2) is 4.98 Å². The predicted octanol–water partition coefficient (Wildman–Crippen LogP) is 3.60. The highest BCUT2D eigenvalue weighted by molar-refractivity contribution is 5.58. The van der Waals surface area contributed by atoms with Crippen LogP contribution in [0.1, 0.15) is 24.8 Å². The van der Waals surface area contributed by atoms with Crippen molar-refractivity contribution in [1.29, 1.82) is 0 Å². The van der Waals surface area contributed by atoms with Crippen LogP contribution in [0.5, 0.6) is 0 Å². The van der Waals surface area contributed by atoms with Crippen molar-refractivity contribution in [1.82, 2.24) is 4.98 Å². The minimum absolute atomic E-state index is 0.711. The van der Waals surface area contributed by atoms with Crippen LogP contribution in [-0.4, -0.2) is 4.98 Å². The van der Waals surface area contributed by atoms with Crippen molar-refractivity contribution in [3.8, 4) is 11.3 Å². The molecular formula is C13H15NO. The minimum atomic E-state index is 0.711. The molecule has 0 fully saturated rings. The standard InChI is InChI=1S/C13H15NO/c1-3-4-11-5-7-12(8-6-11)13-9-15-10(2)14-13/h5-9H,3-4H2,1-2H3. The lowest BCUT2D eigenvalue weighted by Crippen LogP contribution is -1.83. The van der Waals surface area contributed by atoms with Gasteiger partial charge >= 0.3 is 0 Å². The Kier molecular flexibility index (Phi) is 2.86. The molecule has 0 amide bonds. The molecule has 15 heavy (non-hydrogen) atoms. The number of rotatable bonds is 3. The summed E-state index contributed by atoms with van der Waals surface area (Å²) in [5.41, 5.74) is 3.41. The lowest BCUT2D eigenvalue weighted by atomic mass is 10.1. The summed E-state index contributed by atoms with van der Waals surface area (Å²) in [6, 6.07) is 8.51. The number of aryl methyl sites for hydroxylation is 2. The van der Waals surface area contributed by atoms with Crippen molar-refractivity contribution >= 4 is 0 Å². The molecule has 1 aromatic heterocycles. The molecule has 2 heteroatoms. The Morgan fingerprint density at radius 1 is 1.20 bits per heavy atom. The van der Waals surface area contributed by atoms with Crippen LogP contribution >= 0.6 is 0 Å². The van der Waals surface area contributed by atoms with Crippen molar-refractivity contribution in [3.05, 3.63) is 42.0 Å². The highest BCUT2D eigenvalue weighted by Crippen LogP contribution is 2.19. The van der Waals surface area contributed by atoms with Crippen LogP contribution in [0.25, 0.3) is 11.3 Å². The Labute approximate surface area is 90.0 Å². The topological polar surface area (TPSA) is 26.0 Å². The summed E-state index contributed by atoms with van der Waals surface area (Å²) in [6.45, 7) is 4.05.